The number of carbonyl (C=O) groups excluding carboxylic acids is 2. The van der Waals surface area contributed by atoms with E-state index in [1.165, 1.54) is 14.2 Å². The molecule has 0 saturated heterocycles. The van der Waals surface area contributed by atoms with Gasteiger partial charge in [0.15, 0.2) is 0 Å². The van der Waals surface area contributed by atoms with E-state index in [2.05, 4.69) is 5.32 Å². The van der Waals surface area contributed by atoms with Gasteiger partial charge in [0.25, 0.3) is 5.91 Å². The molecule has 0 aliphatic heterocycles. The summed E-state index contributed by atoms with van der Waals surface area (Å²) in [6, 6.07) is 12.0. The molecule has 2 aromatic carbocycles. The first kappa shape index (κ1) is 17.3. The molecule has 0 atom stereocenters. The highest BCUT2D eigenvalue weighted by molar-refractivity contribution is 6.01. The average molecular weight is 329 g/mol. The molecule has 0 aliphatic rings. The highest BCUT2D eigenvalue weighted by Crippen LogP contribution is 2.27. The van der Waals surface area contributed by atoms with Crippen molar-refractivity contribution in [3.8, 4) is 17.2 Å². The molecule has 6 nitrogen and oxygen atoms in total. The van der Waals surface area contributed by atoms with Gasteiger partial charge in [0, 0.05) is 0 Å². The molecule has 0 aliphatic carbocycles. The first-order valence-corrected chi connectivity index (χ1v) is 7.31. The Kier molecular flexibility index (Phi) is 5.78. The lowest BCUT2D eigenvalue weighted by Gasteiger charge is -2.12. The summed E-state index contributed by atoms with van der Waals surface area (Å²) in [4.78, 5) is 24.2. The van der Waals surface area contributed by atoms with E-state index < -0.39 is 11.9 Å². The van der Waals surface area contributed by atoms with E-state index in [9.17, 15) is 9.59 Å². The summed E-state index contributed by atoms with van der Waals surface area (Å²) in [7, 11) is 2.91. The summed E-state index contributed by atoms with van der Waals surface area (Å²) in [6.45, 7) is 1.67. The molecule has 1 N–H and O–H groups in total. The third kappa shape index (κ3) is 4.25. The van der Waals surface area contributed by atoms with Crippen LogP contribution in [0.1, 0.15) is 15.9 Å². The Morgan fingerprint density at radius 1 is 0.958 bits per heavy atom. The first-order valence-electron chi connectivity index (χ1n) is 7.31. The second-order valence-corrected chi connectivity index (χ2v) is 5.01. The van der Waals surface area contributed by atoms with Crippen LogP contribution in [0.4, 0.5) is 0 Å². The van der Waals surface area contributed by atoms with Crippen molar-refractivity contribution in [2.75, 3.05) is 20.8 Å². The lowest BCUT2D eigenvalue weighted by atomic mass is 10.1. The van der Waals surface area contributed by atoms with Crippen LogP contribution in [-0.2, 0) is 4.79 Å². The van der Waals surface area contributed by atoms with Crippen molar-refractivity contribution in [3.63, 3.8) is 0 Å². The predicted molar refractivity (Wildman–Crippen MR) is 88.7 cm³/mol. The number of nitrogens with one attached hydrogen (secondary N) is 1. The highest BCUT2D eigenvalue weighted by Gasteiger charge is 2.19. The molecular formula is C18H19NO5. The van der Waals surface area contributed by atoms with E-state index >= 15 is 0 Å². The minimum atomic E-state index is -0.568. The van der Waals surface area contributed by atoms with E-state index in [4.69, 9.17) is 14.2 Å². The van der Waals surface area contributed by atoms with Crippen LogP contribution in [-0.4, -0.2) is 32.6 Å². The molecule has 0 spiro atoms. The van der Waals surface area contributed by atoms with Crippen molar-refractivity contribution in [1.82, 2.24) is 5.32 Å². The number of amides is 1. The van der Waals surface area contributed by atoms with E-state index in [0.717, 1.165) is 5.56 Å². The minimum Gasteiger partial charge on any atom is -0.496 e. The molecule has 0 aromatic heterocycles. The molecule has 0 bridgehead atoms. The fraction of sp³-hybridized carbons (Fsp3) is 0.222. The Balaban J connectivity index is 2.00. The van der Waals surface area contributed by atoms with Crippen molar-refractivity contribution in [2.24, 2.45) is 0 Å². The van der Waals surface area contributed by atoms with Gasteiger partial charge in [0.05, 0.1) is 14.2 Å². The summed E-state index contributed by atoms with van der Waals surface area (Å²) < 4.78 is 15.5. The number of ether oxygens (including phenoxy) is 3. The van der Waals surface area contributed by atoms with Crippen LogP contribution < -0.4 is 19.5 Å². The molecule has 2 rings (SSSR count). The van der Waals surface area contributed by atoms with Gasteiger partial charge in [-0.15, -0.1) is 0 Å². The monoisotopic (exact) mass is 329 g/mol. The molecular weight excluding hydrogens is 310 g/mol. The Hall–Kier alpha value is -3.02. The number of hydrogen-bond acceptors (Lipinski definition) is 5. The third-order valence-electron chi connectivity index (χ3n) is 3.30. The number of methoxy groups -OCH3 is 2. The number of hydrogen-bond donors (Lipinski definition) is 1. The minimum absolute atomic E-state index is 0.227. The average Bonchev–Trinajstić information content (AvgIpc) is 2.60. The standard InChI is InChI=1S/C18H19NO5/c1-12-7-9-13(10-8-12)24-16(20)11-19-18(21)17-14(22-2)5-4-6-15(17)23-3/h4-10H,11H2,1-3H3,(H,19,21). The molecule has 0 saturated carbocycles. The van der Waals surface area contributed by atoms with Crippen molar-refractivity contribution in [3.05, 3.63) is 53.6 Å². The van der Waals surface area contributed by atoms with Crippen molar-refractivity contribution in [2.45, 2.75) is 6.92 Å². The van der Waals surface area contributed by atoms with Crippen LogP contribution in [0.3, 0.4) is 0 Å². The molecule has 6 heteroatoms. The molecule has 24 heavy (non-hydrogen) atoms. The number of benzene rings is 2. The Morgan fingerprint density at radius 3 is 2.08 bits per heavy atom. The fourth-order valence-corrected chi connectivity index (χ4v) is 2.09. The molecule has 0 unspecified atom stereocenters. The van der Waals surface area contributed by atoms with Gasteiger partial charge in [0.1, 0.15) is 29.4 Å². The van der Waals surface area contributed by atoms with E-state index in [1.54, 1.807) is 30.3 Å². The molecule has 2 aromatic rings. The first-order chi connectivity index (χ1) is 11.5. The molecule has 0 heterocycles. The predicted octanol–water partition coefficient (Wildman–Crippen LogP) is 2.35. The van der Waals surface area contributed by atoms with Crippen LogP contribution in [0, 0.1) is 6.92 Å². The summed E-state index contributed by atoms with van der Waals surface area (Å²) in [5.74, 6) is 0.0958. The maximum atomic E-state index is 12.3. The normalized spacial score (nSPS) is 9.96. The second-order valence-electron chi connectivity index (χ2n) is 5.01. The lowest BCUT2D eigenvalue weighted by Crippen LogP contribution is -2.32. The number of esters is 1. The zero-order valence-corrected chi connectivity index (χ0v) is 13.8. The molecule has 1 amide bonds. The molecule has 0 fully saturated rings. The molecule has 0 radical (unpaired) electrons. The summed E-state index contributed by atoms with van der Waals surface area (Å²) >= 11 is 0. The Bertz CT molecular complexity index is 702. The molecule has 126 valence electrons. The SMILES string of the molecule is COc1cccc(OC)c1C(=O)NCC(=O)Oc1ccc(C)cc1. The zero-order valence-electron chi connectivity index (χ0n) is 13.8. The Labute approximate surface area is 140 Å². The van der Waals surface area contributed by atoms with Gasteiger partial charge in [-0.2, -0.15) is 0 Å². The lowest BCUT2D eigenvalue weighted by molar-refractivity contribution is -0.133. The third-order valence-corrected chi connectivity index (χ3v) is 3.30. The summed E-state index contributed by atoms with van der Waals surface area (Å²) in [6.07, 6.45) is 0. The number of rotatable bonds is 6. The summed E-state index contributed by atoms with van der Waals surface area (Å²) in [5.41, 5.74) is 1.29. The van der Waals surface area contributed by atoms with Crippen molar-refractivity contribution >= 4 is 11.9 Å². The topological polar surface area (TPSA) is 73.9 Å². The quantitative estimate of drug-likeness (QED) is 0.650. The smallest absolute Gasteiger partial charge is 0.330 e. The van der Waals surface area contributed by atoms with Crippen molar-refractivity contribution < 1.29 is 23.8 Å². The maximum absolute atomic E-state index is 12.3. The van der Waals surface area contributed by atoms with Gasteiger partial charge in [-0.25, -0.2) is 4.79 Å². The largest absolute Gasteiger partial charge is 0.496 e. The van der Waals surface area contributed by atoms with E-state index in [-0.39, 0.29) is 12.1 Å². The van der Waals surface area contributed by atoms with E-state index in [1.807, 2.05) is 19.1 Å². The fourth-order valence-electron chi connectivity index (χ4n) is 2.09. The van der Waals surface area contributed by atoms with Gasteiger partial charge < -0.3 is 19.5 Å². The van der Waals surface area contributed by atoms with Gasteiger partial charge in [-0.3, -0.25) is 4.79 Å². The van der Waals surface area contributed by atoms with Crippen LogP contribution in [0.2, 0.25) is 0 Å². The van der Waals surface area contributed by atoms with Crippen LogP contribution >= 0.6 is 0 Å². The summed E-state index contributed by atoms with van der Waals surface area (Å²) in [5, 5.41) is 2.51. The van der Waals surface area contributed by atoms with E-state index in [0.29, 0.717) is 17.2 Å². The highest BCUT2D eigenvalue weighted by atomic mass is 16.5. The Morgan fingerprint density at radius 2 is 1.54 bits per heavy atom. The maximum Gasteiger partial charge on any atom is 0.330 e. The van der Waals surface area contributed by atoms with Gasteiger partial charge >= 0.3 is 5.97 Å². The van der Waals surface area contributed by atoms with Gasteiger partial charge in [-0.05, 0) is 31.2 Å². The van der Waals surface area contributed by atoms with Gasteiger partial charge in [0.2, 0.25) is 0 Å². The second kappa shape index (κ2) is 8.01. The van der Waals surface area contributed by atoms with Crippen LogP contribution in [0.15, 0.2) is 42.5 Å². The van der Waals surface area contributed by atoms with Crippen LogP contribution in [0.25, 0.3) is 0 Å². The van der Waals surface area contributed by atoms with Gasteiger partial charge in [-0.1, -0.05) is 23.8 Å². The number of aryl methyl sites for hydroxylation is 1. The number of carbonyl (C=O) groups is 2. The zero-order chi connectivity index (χ0) is 17.5. The van der Waals surface area contributed by atoms with Crippen molar-refractivity contribution in [1.29, 1.82) is 0 Å². The van der Waals surface area contributed by atoms with Crippen LogP contribution in [0.5, 0.6) is 17.2 Å².